The van der Waals surface area contributed by atoms with Gasteiger partial charge in [0.05, 0.1) is 11.4 Å². The number of hydrogen-bond donors (Lipinski definition) is 2. The van der Waals surface area contributed by atoms with Crippen molar-refractivity contribution in [3.05, 3.63) is 34.5 Å². The summed E-state index contributed by atoms with van der Waals surface area (Å²) in [7, 11) is 0. The van der Waals surface area contributed by atoms with Gasteiger partial charge in [-0.05, 0) is 51.5 Å². The van der Waals surface area contributed by atoms with Crippen molar-refractivity contribution in [2.24, 2.45) is 0 Å². The number of aryl methyl sites for hydroxylation is 3. The number of anilines is 2. The van der Waals surface area contributed by atoms with E-state index in [1.807, 2.05) is 6.92 Å². The summed E-state index contributed by atoms with van der Waals surface area (Å²) in [6, 6.07) is 5.19. The second-order valence-electron chi connectivity index (χ2n) is 6.84. The molecule has 4 rings (SSSR count). The Morgan fingerprint density at radius 1 is 1.31 bits per heavy atom. The van der Waals surface area contributed by atoms with Gasteiger partial charge < -0.3 is 15.4 Å². The molecule has 7 nitrogen and oxygen atoms in total. The van der Waals surface area contributed by atoms with Crippen LogP contribution in [0.3, 0.4) is 0 Å². The van der Waals surface area contributed by atoms with E-state index in [0.29, 0.717) is 22.9 Å². The smallest absolute Gasteiger partial charge is 0.265 e. The molecule has 0 fully saturated rings. The molecule has 0 unspecified atom stereocenters. The molecule has 150 valence electrons. The maximum absolute atomic E-state index is 12.5. The fraction of sp³-hybridized carbons (Fsp3) is 0.300. The van der Waals surface area contributed by atoms with Crippen molar-refractivity contribution in [3.63, 3.8) is 0 Å². The molecule has 2 aromatic heterocycles. The fourth-order valence-corrected chi connectivity index (χ4v) is 5.11. The van der Waals surface area contributed by atoms with Gasteiger partial charge in [0.25, 0.3) is 5.91 Å². The predicted octanol–water partition coefficient (Wildman–Crippen LogP) is 4.07. The van der Waals surface area contributed by atoms with E-state index in [9.17, 15) is 9.59 Å². The van der Waals surface area contributed by atoms with Crippen LogP contribution in [0, 0.1) is 20.8 Å². The molecule has 2 N–H and O–H groups in total. The molecular formula is C20H20N4O3S2. The Bertz CT molecular complexity index is 1140. The van der Waals surface area contributed by atoms with Gasteiger partial charge in [0.15, 0.2) is 6.10 Å². The number of thioether (sulfide) groups is 1. The van der Waals surface area contributed by atoms with E-state index in [2.05, 4.69) is 34.4 Å². The summed E-state index contributed by atoms with van der Waals surface area (Å²) < 4.78 is 5.53. The molecule has 3 heterocycles. The molecule has 0 radical (unpaired) electrons. The van der Waals surface area contributed by atoms with E-state index >= 15 is 0 Å². The van der Waals surface area contributed by atoms with Gasteiger partial charge in [-0.15, -0.1) is 11.3 Å². The lowest BCUT2D eigenvalue weighted by atomic mass is 10.2. The molecule has 1 aromatic carbocycles. The third kappa shape index (κ3) is 3.92. The number of rotatable bonds is 4. The SMILES string of the molecule is Cc1nc(SCC(=O)Nc2ccc3c(c2)NC(=O)[C@H](C)O3)c2c(C)c(C)sc2n1. The summed E-state index contributed by atoms with van der Waals surface area (Å²) in [4.78, 5) is 35.5. The normalized spacial score (nSPS) is 15.6. The first-order valence-corrected chi connectivity index (χ1v) is 10.9. The maximum Gasteiger partial charge on any atom is 0.265 e. The Morgan fingerprint density at radius 2 is 2.10 bits per heavy atom. The van der Waals surface area contributed by atoms with Crippen LogP contribution in [0.25, 0.3) is 10.2 Å². The number of fused-ring (bicyclic) bond motifs is 2. The van der Waals surface area contributed by atoms with Gasteiger partial charge in [0, 0.05) is 16.0 Å². The van der Waals surface area contributed by atoms with Crippen LogP contribution in [0.2, 0.25) is 0 Å². The summed E-state index contributed by atoms with van der Waals surface area (Å²) >= 11 is 3.04. The molecule has 0 aliphatic carbocycles. The second-order valence-corrected chi connectivity index (χ2v) is 9.00. The summed E-state index contributed by atoms with van der Waals surface area (Å²) in [6.07, 6.45) is -0.531. The predicted molar refractivity (Wildman–Crippen MR) is 116 cm³/mol. The molecule has 2 amide bonds. The first kappa shape index (κ1) is 19.7. The van der Waals surface area contributed by atoms with Gasteiger partial charge in [-0.25, -0.2) is 9.97 Å². The zero-order valence-electron chi connectivity index (χ0n) is 16.5. The molecule has 0 saturated heterocycles. The molecule has 0 spiro atoms. The standard InChI is InChI=1S/C20H20N4O3S2/c1-9-11(3)29-20-17(9)19(21-12(4)22-20)28-8-16(25)23-13-5-6-15-14(7-13)24-18(26)10(2)27-15/h5-7,10H,8H2,1-4H3,(H,23,25)(H,24,26)/t10-/m0/s1. The van der Waals surface area contributed by atoms with Gasteiger partial charge in [0.2, 0.25) is 5.91 Å². The van der Waals surface area contributed by atoms with Gasteiger partial charge in [-0.3, -0.25) is 9.59 Å². The molecular weight excluding hydrogens is 408 g/mol. The van der Waals surface area contributed by atoms with E-state index in [0.717, 1.165) is 20.8 Å². The van der Waals surface area contributed by atoms with Crippen LogP contribution >= 0.6 is 23.1 Å². The summed E-state index contributed by atoms with van der Waals surface area (Å²) in [6.45, 7) is 7.67. The number of ether oxygens (including phenoxy) is 1. The van der Waals surface area contributed by atoms with Crippen LogP contribution in [0.5, 0.6) is 5.75 Å². The van der Waals surface area contributed by atoms with E-state index < -0.39 is 6.10 Å². The number of carbonyl (C=O) groups is 2. The molecule has 3 aromatic rings. The van der Waals surface area contributed by atoms with Gasteiger partial charge in [-0.2, -0.15) is 0 Å². The molecule has 29 heavy (non-hydrogen) atoms. The van der Waals surface area contributed by atoms with Crippen LogP contribution < -0.4 is 15.4 Å². The lowest BCUT2D eigenvalue weighted by Crippen LogP contribution is -2.34. The van der Waals surface area contributed by atoms with E-state index in [4.69, 9.17) is 4.74 Å². The minimum atomic E-state index is -0.531. The minimum absolute atomic E-state index is 0.152. The molecule has 9 heteroatoms. The average Bonchev–Trinajstić information content (AvgIpc) is 2.94. The topological polar surface area (TPSA) is 93.2 Å². The average molecular weight is 429 g/mol. The van der Waals surface area contributed by atoms with Crippen LogP contribution in [0.15, 0.2) is 23.2 Å². The fourth-order valence-electron chi connectivity index (χ4n) is 3.04. The Kier molecular flexibility index (Phi) is 5.18. The number of benzene rings is 1. The Hall–Kier alpha value is -2.65. The lowest BCUT2D eigenvalue weighted by Gasteiger charge is -2.23. The number of nitrogens with zero attached hydrogens (tertiary/aromatic N) is 2. The Balaban J connectivity index is 1.47. The van der Waals surface area contributed by atoms with Crippen LogP contribution in [0.4, 0.5) is 11.4 Å². The number of aromatic nitrogens is 2. The van der Waals surface area contributed by atoms with E-state index in [1.165, 1.54) is 16.6 Å². The van der Waals surface area contributed by atoms with Crippen LogP contribution in [-0.4, -0.2) is 33.6 Å². The number of thiophene rings is 1. The van der Waals surface area contributed by atoms with Crippen LogP contribution in [-0.2, 0) is 9.59 Å². The Morgan fingerprint density at radius 3 is 2.90 bits per heavy atom. The van der Waals surface area contributed by atoms with Crippen molar-refractivity contribution in [1.82, 2.24) is 9.97 Å². The van der Waals surface area contributed by atoms with Crippen molar-refractivity contribution in [2.75, 3.05) is 16.4 Å². The highest BCUT2D eigenvalue weighted by Crippen LogP contribution is 2.35. The van der Waals surface area contributed by atoms with Gasteiger partial charge >= 0.3 is 0 Å². The molecule has 0 bridgehead atoms. The molecule has 0 saturated carbocycles. The molecule has 1 aliphatic heterocycles. The zero-order valence-corrected chi connectivity index (χ0v) is 18.1. The van der Waals surface area contributed by atoms with Crippen molar-refractivity contribution >= 4 is 56.5 Å². The Labute approximate surface area is 176 Å². The maximum atomic E-state index is 12.5. The summed E-state index contributed by atoms with van der Waals surface area (Å²) in [5.74, 6) is 1.14. The summed E-state index contributed by atoms with van der Waals surface area (Å²) in [5, 5.41) is 7.49. The highest BCUT2D eigenvalue weighted by atomic mass is 32.2. The summed E-state index contributed by atoms with van der Waals surface area (Å²) in [5.41, 5.74) is 2.31. The molecule has 1 aliphatic rings. The largest absolute Gasteiger partial charge is 0.479 e. The molecule has 1 atom stereocenters. The third-order valence-electron chi connectivity index (χ3n) is 4.64. The number of carbonyl (C=O) groups excluding carboxylic acids is 2. The van der Waals surface area contributed by atoms with Crippen molar-refractivity contribution in [3.8, 4) is 5.75 Å². The third-order valence-corrected chi connectivity index (χ3v) is 6.72. The quantitative estimate of drug-likeness (QED) is 0.481. The second kappa shape index (κ2) is 7.64. The van der Waals surface area contributed by atoms with Gasteiger partial charge in [0.1, 0.15) is 21.4 Å². The number of amides is 2. The first-order chi connectivity index (χ1) is 13.8. The number of hydrogen-bond acceptors (Lipinski definition) is 7. The monoisotopic (exact) mass is 428 g/mol. The zero-order chi connectivity index (χ0) is 20.7. The van der Waals surface area contributed by atoms with E-state index in [-0.39, 0.29) is 17.6 Å². The highest BCUT2D eigenvalue weighted by Gasteiger charge is 2.23. The number of nitrogens with one attached hydrogen (secondary N) is 2. The minimum Gasteiger partial charge on any atom is -0.479 e. The van der Waals surface area contributed by atoms with Crippen LogP contribution in [0.1, 0.15) is 23.2 Å². The van der Waals surface area contributed by atoms with Crippen molar-refractivity contribution in [1.29, 1.82) is 0 Å². The van der Waals surface area contributed by atoms with Gasteiger partial charge in [-0.1, -0.05) is 11.8 Å². The van der Waals surface area contributed by atoms with Crippen molar-refractivity contribution < 1.29 is 14.3 Å². The van der Waals surface area contributed by atoms with E-state index in [1.54, 1.807) is 36.5 Å². The highest BCUT2D eigenvalue weighted by molar-refractivity contribution is 8.00. The van der Waals surface area contributed by atoms with Crippen molar-refractivity contribution in [2.45, 2.75) is 38.8 Å². The lowest BCUT2D eigenvalue weighted by molar-refractivity contribution is -0.122. The first-order valence-electron chi connectivity index (χ1n) is 9.10.